The molecule has 0 unspecified atom stereocenters. The first-order valence-corrected chi connectivity index (χ1v) is 9.02. The molecule has 0 aliphatic carbocycles. The summed E-state index contributed by atoms with van der Waals surface area (Å²) in [7, 11) is -2.35. The van der Waals surface area contributed by atoms with Crippen molar-refractivity contribution in [3.63, 3.8) is 0 Å². The van der Waals surface area contributed by atoms with Gasteiger partial charge in [0.1, 0.15) is 5.57 Å². The number of ether oxygens (including phenoxy) is 2. The zero-order valence-electron chi connectivity index (χ0n) is 14.1. The number of anilines is 1. The normalized spacial score (nSPS) is 16.9. The Balaban J connectivity index is 2.12. The average molecular weight is 369 g/mol. The summed E-state index contributed by atoms with van der Waals surface area (Å²) in [5.41, 5.74) is 1.09. The summed E-state index contributed by atoms with van der Waals surface area (Å²) in [6.45, 7) is 3.06. The highest BCUT2D eigenvalue weighted by atomic mass is 32.2. The molecule has 0 spiro atoms. The molecule has 1 saturated heterocycles. The van der Waals surface area contributed by atoms with E-state index in [9.17, 15) is 18.0 Å². The first-order chi connectivity index (χ1) is 11.5. The first kappa shape index (κ1) is 18.9. The summed E-state index contributed by atoms with van der Waals surface area (Å²) >= 11 is 0. The summed E-state index contributed by atoms with van der Waals surface area (Å²) < 4.78 is 40.4. The van der Waals surface area contributed by atoms with E-state index >= 15 is 0 Å². The van der Waals surface area contributed by atoms with Gasteiger partial charge < -0.3 is 14.4 Å². The second kappa shape index (κ2) is 6.85. The molecule has 25 heavy (non-hydrogen) atoms. The zero-order chi connectivity index (χ0) is 18.8. The Kier molecular flexibility index (Phi) is 5.19. The van der Waals surface area contributed by atoms with Crippen LogP contribution in [0.1, 0.15) is 19.4 Å². The first-order valence-electron chi connectivity index (χ1n) is 7.42. The number of rotatable bonds is 5. The lowest BCUT2D eigenvalue weighted by Gasteiger charge is -2.29. The number of hydrogen-bond acceptors (Lipinski definition) is 7. The molecule has 9 heteroatoms. The molecule has 0 atom stereocenters. The molecule has 0 bridgehead atoms. The highest BCUT2D eigenvalue weighted by Crippen LogP contribution is 2.24. The lowest BCUT2D eigenvalue weighted by Crippen LogP contribution is -2.41. The highest BCUT2D eigenvalue weighted by Gasteiger charge is 2.38. The van der Waals surface area contributed by atoms with E-state index < -0.39 is 27.8 Å². The maximum absolute atomic E-state index is 11.9. The van der Waals surface area contributed by atoms with Gasteiger partial charge in [-0.1, -0.05) is 12.1 Å². The maximum atomic E-state index is 11.9. The van der Waals surface area contributed by atoms with Crippen LogP contribution in [-0.2, 0) is 29.2 Å². The van der Waals surface area contributed by atoms with Gasteiger partial charge in [0.15, 0.2) is 0 Å². The smallest absolute Gasteiger partial charge is 0.348 e. The van der Waals surface area contributed by atoms with Gasteiger partial charge in [-0.3, -0.25) is 4.55 Å². The van der Waals surface area contributed by atoms with Crippen LogP contribution in [0.5, 0.6) is 0 Å². The van der Waals surface area contributed by atoms with Crippen molar-refractivity contribution in [1.82, 2.24) is 0 Å². The fourth-order valence-corrected chi connectivity index (χ4v) is 2.66. The Bertz CT molecular complexity index is 787. The van der Waals surface area contributed by atoms with E-state index in [-0.39, 0.29) is 17.9 Å². The molecular formula is C16H19NO7S. The Morgan fingerprint density at radius 1 is 1.12 bits per heavy atom. The second-order valence-electron chi connectivity index (χ2n) is 6.04. The van der Waals surface area contributed by atoms with Crippen LogP contribution in [0.25, 0.3) is 6.08 Å². The van der Waals surface area contributed by atoms with Crippen molar-refractivity contribution in [2.45, 2.75) is 19.6 Å². The van der Waals surface area contributed by atoms with E-state index in [2.05, 4.69) is 0 Å². The SMILES string of the molecule is CN(CCS(=O)(=O)O)c1ccc(C=C2C(=O)OC(C)(C)OC2=O)cc1. The van der Waals surface area contributed by atoms with Crippen LogP contribution in [0.4, 0.5) is 5.69 Å². The summed E-state index contributed by atoms with van der Waals surface area (Å²) in [4.78, 5) is 25.4. The minimum Gasteiger partial charge on any atom is -0.419 e. The summed E-state index contributed by atoms with van der Waals surface area (Å²) in [6, 6.07) is 6.71. The van der Waals surface area contributed by atoms with Crippen molar-refractivity contribution >= 4 is 33.8 Å². The molecule has 0 saturated carbocycles. The third-order valence-corrected chi connectivity index (χ3v) is 4.14. The molecule has 136 valence electrons. The molecule has 0 amide bonds. The van der Waals surface area contributed by atoms with Gasteiger partial charge in [0.05, 0.1) is 5.75 Å². The molecular weight excluding hydrogens is 350 g/mol. The fraction of sp³-hybridized carbons (Fsp3) is 0.375. The number of benzene rings is 1. The van der Waals surface area contributed by atoms with E-state index in [1.807, 2.05) is 0 Å². The molecule has 0 aromatic heterocycles. The van der Waals surface area contributed by atoms with Crippen LogP contribution in [0, 0.1) is 0 Å². The highest BCUT2D eigenvalue weighted by molar-refractivity contribution is 7.85. The summed E-state index contributed by atoms with van der Waals surface area (Å²) in [6.07, 6.45) is 1.36. The Hall–Kier alpha value is -2.39. The van der Waals surface area contributed by atoms with Crippen molar-refractivity contribution in [1.29, 1.82) is 0 Å². The number of carbonyl (C=O) groups is 2. The molecule has 1 heterocycles. The number of cyclic esters (lactones) is 2. The third-order valence-electron chi connectivity index (χ3n) is 3.45. The molecule has 1 aliphatic rings. The standard InChI is InChI=1S/C16H19NO7S/c1-16(2)23-14(18)13(15(19)24-16)10-11-4-6-12(7-5-11)17(3)8-9-25(20,21)22/h4-7,10H,8-9H2,1-3H3,(H,20,21,22). The predicted molar refractivity (Wildman–Crippen MR) is 90.4 cm³/mol. The Morgan fingerprint density at radius 2 is 1.64 bits per heavy atom. The molecule has 1 N–H and O–H groups in total. The van der Waals surface area contributed by atoms with Crippen molar-refractivity contribution in [3.8, 4) is 0 Å². The van der Waals surface area contributed by atoms with E-state index in [0.717, 1.165) is 0 Å². The summed E-state index contributed by atoms with van der Waals surface area (Å²) in [5, 5.41) is 0. The number of esters is 2. The third kappa shape index (κ3) is 5.30. The molecule has 1 aliphatic heterocycles. The van der Waals surface area contributed by atoms with Crippen LogP contribution in [-0.4, -0.2) is 50.0 Å². The molecule has 1 aromatic carbocycles. The van der Waals surface area contributed by atoms with Gasteiger partial charge in [-0.15, -0.1) is 0 Å². The molecule has 8 nitrogen and oxygen atoms in total. The van der Waals surface area contributed by atoms with E-state index in [1.54, 1.807) is 36.2 Å². The van der Waals surface area contributed by atoms with E-state index in [0.29, 0.717) is 11.3 Å². The van der Waals surface area contributed by atoms with Crippen LogP contribution in [0.2, 0.25) is 0 Å². The van der Waals surface area contributed by atoms with Gasteiger partial charge in [0.2, 0.25) is 0 Å². The topological polar surface area (TPSA) is 110 Å². The predicted octanol–water partition coefficient (Wildman–Crippen LogP) is 1.23. The van der Waals surface area contributed by atoms with Crippen LogP contribution < -0.4 is 4.90 Å². The van der Waals surface area contributed by atoms with Crippen molar-refractivity contribution in [3.05, 3.63) is 35.4 Å². The Labute approximate surface area is 145 Å². The largest absolute Gasteiger partial charge is 0.419 e. The minimum atomic E-state index is -4.03. The molecule has 2 rings (SSSR count). The van der Waals surface area contributed by atoms with Gasteiger partial charge in [-0.05, 0) is 23.8 Å². The number of carbonyl (C=O) groups excluding carboxylic acids is 2. The number of hydrogen-bond donors (Lipinski definition) is 1. The van der Waals surface area contributed by atoms with Gasteiger partial charge >= 0.3 is 11.9 Å². The van der Waals surface area contributed by atoms with E-state index in [1.165, 1.54) is 19.9 Å². The van der Waals surface area contributed by atoms with Gasteiger partial charge in [-0.25, -0.2) is 9.59 Å². The minimum absolute atomic E-state index is 0.118. The van der Waals surface area contributed by atoms with Crippen molar-refractivity contribution < 1.29 is 32.0 Å². The molecule has 0 radical (unpaired) electrons. The molecule has 1 fully saturated rings. The lowest BCUT2D eigenvalue weighted by atomic mass is 10.1. The van der Waals surface area contributed by atoms with Gasteiger partial charge in [0, 0.05) is 33.1 Å². The van der Waals surface area contributed by atoms with E-state index in [4.69, 9.17) is 14.0 Å². The maximum Gasteiger partial charge on any atom is 0.348 e. The summed E-state index contributed by atoms with van der Waals surface area (Å²) in [5.74, 6) is -3.18. The average Bonchev–Trinajstić information content (AvgIpc) is 2.47. The van der Waals surface area contributed by atoms with Gasteiger partial charge in [0.25, 0.3) is 15.9 Å². The molecule has 1 aromatic rings. The quantitative estimate of drug-likeness (QED) is 0.357. The van der Waals surface area contributed by atoms with Crippen LogP contribution >= 0.6 is 0 Å². The van der Waals surface area contributed by atoms with Crippen molar-refractivity contribution in [2.24, 2.45) is 0 Å². The fourth-order valence-electron chi connectivity index (χ4n) is 2.15. The van der Waals surface area contributed by atoms with Gasteiger partial charge in [-0.2, -0.15) is 8.42 Å². The lowest BCUT2D eigenvalue weighted by molar-refractivity contribution is -0.222. The van der Waals surface area contributed by atoms with Crippen molar-refractivity contribution in [2.75, 3.05) is 24.2 Å². The number of nitrogens with zero attached hydrogens (tertiary/aromatic N) is 1. The monoisotopic (exact) mass is 369 g/mol. The van der Waals surface area contributed by atoms with Crippen LogP contribution in [0.15, 0.2) is 29.8 Å². The zero-order valence-corrected chi connectivity index (χ0v) is 14.9. The van der Waals surface area contributed by atoms with Crippen LogP contribution in [0.3, 0.4) is 0 Å². The Morgan fingerprint density at radius 3 is 2.12 bits per heavy atom. The second-order valence-corrected chi connectivity index (χ2v) is 7.61.